The highest BCUT2D eigenvalue weighted by Crippen LogP contribution is 2.69. The van der Waals surface area contributed by atoms with E-state index < -0.39 is 118 Å². The van der Waals surface area contributed by atoms with Crippen LogP contribution in [0, 0.1) is 40.4 Å². The van der Waals surface area contributed by atoms with Gasteiger partial charge in [0.05, 0.1) is 38.6 Å². The number of allylic oxidation sites excluding steroid dienone is 1. The van der Waals surface area contributed by atoms with E-state index in [0.29, 0.717) is 42.4 Å². The van der Waals surface area contributed by atoms with Crippen molar-refractivity contribution >= 4 is 0 Å². The predicted molar refractivity (Wildman–Crippen MR) is 211 cm³/mol. The molecule has 3 saturated carbocycles. The van der Waals surface area contributed by atoms with Gasteiger partial charge in [0.25, 0.3) is 0 Å². The Labute approximate surface area is 362 Å². The lowest BCUT2D eigenvalue weighted by Crippen LogP contribution is -2.66. The lowest BCUT2D eigenvalue weighted by atomic mass is 9.47. The van der Waals surface area contributed by atoms with Crippen LogP contribution in [0.2, 0.25) is 0 Å². The SMILES string of the molecule is CC1CCC2(CC3C(CC4C5CC=C6CC(OC7OC(CO)C(OC8OC(CO)C(OC9OC(CO)C(O)C(O)C9O)C(O)C8O)C(O)C7O)CCC6(C)C5CCC34C)O2)OC1. The normalized spacial score (nSPS) is 56.4. The summed E-state index contributed by atoms with van der Waals surface area (Å²) in [6.45, 7) is 5.76. The highest BCUT2D eigenvalue weighted by molar-refractivity contribution is 5.26. The summed E-state index contributed by atoms with van der Waals surface area (Å²) >= 11 is 0. The molecule has 9 rings (SSSR count). The molecule has 0 amide bonds. The lowest BCUT2D eigenvalue weighted by molar-refractivity contribution is -0.381. The van der Waals surface area contributed by atoms with Crippen LogP contribution in [0.15, 0.2) is 11.6 Å². The van der Waals surface area contributed by atoms with Crippen LogP contribution in [0.4, 0.5) is 0 Å². The Hall–Kier alpha value is -0.980. The minimum Gasteiger partial charge on any atom is -0.394 e. The second-order valence-corrected chi connectivity index (χ2v) is 20.7. The highest BCUT2D eigenvalue weighted by Gasteiger charge is 2.66. The molecule has 62 heavy (non-hydrogen) atoms. The van der Waals surface area contributed by atoms with Crippen molar-refractivity contribution in [3.05, 3.63) is 11.6 Å². The third-order valence-electron chi connectivity index (χ3n) is 17.2. The van der Waals surface area contributed by atoms with Gasteiger partial charge in [0, 0.05) is 12.8 Å². The van der Waals surface area contributed by atoms with Gasteiger partial charge in [-0.3, -0.25) is 0 Å². The Morgan fingerprint density at radius 3 is 1.84 bits per heavy atom. The largest absolute Gasteiger partial charge is 0.394 e. The van der Waals surface area contributed by atoms with Crippen LogP contribution >= 0.6 is 0 Å². The average Bonchev–Trinajstić information content (AvgIpc) is 3.76. The summed E-state index contributed by atoms with van der Waals surface area (Å²) in [6.07, 6.45) is -12.0. The Bertz CT molecular complexity index is 1590. The van der Waals surface area contributed by atoms with Crippen molar-refractivity contribution in [3.8, 4) is 0 Å². The molecule has 1 spiro atoms. The summed E-state index contributed by atoms with van der Waals surface area (Å²) in [4.78, 5) is 0. The van der Waals surface area contributed by atoms with Gasteiger partial charge in [0.2, 0.25) is 0 Å². The van der Waals surface area contributed by atoms with E-state index in [1.54, 1.807) is 0 Å². The van der Waals surface area contributed by atoms with Gasteiger partial charge in [-0.2, -0.15) is 0 Å². The second kappa shape index (κ2) is 17.6. The van der Waals surface area contributed by atoms with Crippen LogP contribution < -0.4 is 0 Å². The Balaban J connectivity index is 0.809. The second-order valence-electron chi connectivity index (χ2n) is 20.7. The molecule has 5 saturated heterocycles. The zero-order valence-electron chi connectivity index (χ0n) is 35.9. The zero-order chi connectivity index (χ0) is 44.0. The summed E-state index contributed by atoms with van der Waals surface area (Å²) < 4.78 is 48.2. The number of aliphatic hydroxyl groups excluding tert-OH is 10. The fraction of sp³-hybridized carbons (Fsp3) is 0.955. The van der Waals surface area contributed by atoms with Crippen LogP contribution in [0.1, 0.15) is 85.0 Å². The first kappa shape index (κ1) is 46.1. The quantitative estimate of drug-likeness (QED) is 0.124. The number of fused-ring (bicyclic) bond motifs is 7. The van der Waals surface area contributed by atoms with Crippen molar-refractivity contribution in [2.75, 3.05) is 26.4 Å². The molecule has 354 valence electrons. The topological polar surface area (TPSA) is 276 Å². The van der Waals surface area contributed by atoms with Gasteiger partial charge in [0.15, 0.2) is 24.7 Å². The molecule has 0 radical (unpaired) electrons. The molecular formula is C44H70O18. The molecule has 0 aromatic rings. The van der Waals surface area contributed by atoms with Gasteiger partial charge >= 0.3 is 0 Å². The molecule has 9 aliphatic rings. The van der Waals surface area contributed by atoms with E-state index in [1.165, 1.54) is 18.4 Å². The molecule has 25 atom stereocenters. The third-order valence-corrected chi connectivity index (χ3v) is 17.2. The molecule has 0 aromatic heterocycles. The Kier molecular flexibility index (Phi) is 13.1. The number of aliphatic hydroxyl groups is 10. The van der Waals surface area contributed by atoms with Crippen LogP contribution in [-0.4, -0.2) is 188 Å². The van der Waals surface area contributed by atoms with E-state index in [-0.39, 0.29) is 23.0 Å². The first-order valence-corrected chi connectivity index (χ1v) is 23.1. The van der Waals surface area contributed by atoms with Crippen LogP contribution in [0.3, 0.4) is 0 Å². The van der Waals surface area contributed by atoms with Gasteiger partial charge in [0.1, 0.15) is 73.2 Å². The van der Waals surface area contributed by atoms with E-state index >= 15 is 0 Å². The third kappa shape index (κ3) is 7.76. The molecular weight excluding hydrogens is 816 g/mol. The van der Waals surface area contributed by atoms with Crippen molar-refractivity contribution in [2.45, 2.75) is 195 Å². The molecule has 5 heterocycles. The van der Waals surface area contributed by atoms with Gasteiger partial charge in [-0.05, 0) is 91.8 Å². The van der Waals surface area contributed by atoms with E-state index in [9.17, 15) is 51.1 Å². The maximum atomic E-state index is 11.4. The minimum absolute atomic E-state index is 0.0152. The smallest absolute Gasteiger partial charge is 0.187 e. The molecule has 0 bridgehead atoms. The van der Waals surface area contributed by atoms with Crippen molar-refractivity contribution in [2.24, 2.45) is 40.4 Å². The molecule has 4 aliphatic carbocycles. The monoisotopic (exact) mass is 886 g/mol. The number of hydrogen-bond donors (Lipinski definition) is 10. The molecule has 10 N–H and O–H groups in total. The number of hydrogen-bond acceptors (Lipinski definition) is 18. The molecule has 18 nitrogen and oxygen atoms in total. The fourth-order valence-electron chi connectivity index (χ4n) is 13.5. The summed E-state index contributed by atoms with van der Waals surface area (Å²) in [7, 11) is 0. The Morgan fingerprint density at radius 2 is 1.24 bits per heavy atom. The van der Waals surface area contributed by atoms with Crippen molar-refractivity contribution in [3.63, 3.8) is 0 Å². The van der Waals surface area contributed by atoms with Gasteiger partial charge in [-0.25, -0.2) is 0 Å². The van der Waals surface area contributed by atoms with E-state index in [0.717, 1.165) is 45.1 Å². The average molecular weight is 887 g/mol. The van der Waals surface area contributed by atoms with Gasteiger partial charge < -0.3 is 89.0 Å². The van der Waals surface area contributed by atoms with Crippen molar-refractivity contribution < 1.29 is 89.0 Å². The summed E-state index contributed by atoms with van der Waals surface area (Å²) in [5.41, 5.74) is 1.61. The predicted octanol–water partition coefficient (Wildman–Crippen LogP) is -1.06. The van der Waals surface area contributed by atoms with E-state index in [1.807, 2.05) is 0 Å². The lowest BCUT2D eigenvalue weighted by Gasteiger charge is -2.58. The van der Waals surface area contributed by atoms with Crippen LogP contribution in [0.5, 0.6) is 0 Å². The maximum absolute atomic E-state index is 11.4. The van der Waals surface area contributed by atoms with Crippen molar-refractivity contribution in [1.29, 1.82) is 0 Å². The van der Waals surface area contributed by atoms with Gasteiger partial charge in [-0.15, -0.1) is 0 Å². The summed E-state index contributed by atoms with van der Waals surface area (Å²) in [6, 6.07) is 0. The van der Waals surface area contributed by atoms with Gasteiger partial charge in [-0.1, -0.05) is 32.4 Å². The minimum atomic E-state index is -1.91. The van der Waals surface area contributed by atoms with E-state index in [4.69, 9.17) is 37.9 Å². The Morgan fingerprint density at radius 1 is 0.645 bits per heavy atom. The summed E-state index contributed by atoms with van der Waals surface area (Å²) in [5, 5.41) is 106. The fourth-order valence-corrected chi connectivity index (χ4v) is 13.5. The molecule has 5 aliphatic heterocycles. The summed E-state index contributed by atoms with van der Waals surface area (Å²) in [5.74, 6) is 2.45. The molecule has 18 heteroatoms. The maximum Gasteiger partial charge on any atom is 0.187 e. The molecule has 25 unspecified atom stereocenters. The first-order chi connectivity index (χ1) is 29.5. The van der Waals surface area contributed by atoms with E-state index in [2.05, 4.69) is 26.8 Å². The highest BCUT2D eigenvalue weighted by atomic mass is 16.8. The number of rotatable bonds is 9. The van der Waals surface area contributed by atoms with Crippen LogP contribution in [-0.2, 0) is 37.9 Å². The first-order valence-electron chi connectivity index (χ1n) is 23.1. The number of ether oxygens (including phenoxy) is 8. The standard InChI is InChI=1S/C44H70O18/c1-19-6-11-44(55-18-19)14-25-26(62-44)13-24-22-5-4-20-12-21(7-9-42(20,2)23(22)8-10-43(24,25)3)56-39-35(53)32(50)37(28(16-46)58-39)61-41-36(54)33(51)38(29(17-47)59-41)60-40-34(52)31(49)30(48)27(15-45)57-40/h4,19,21-41,45-54H,5-18H2,1-3H3. The van der Waals surface area contributed by atoms with Crippen molar-refractivity contribution in [1.82, 2.24) is 0 Å². The molecule has 0 aromatic carbocycles. The molecule has 8 fully saturated rings. The van der Waals surface area contributed by atoms with Crippen LogP contribution in [0.25, 0.3) is 0 Å². The zero-order valence-corrected chi connectivity index (χ0v) is 35.9.